The lowest BCUT2D eigenvalue weighted by Gasteiger charge is -2.43. The van der Waals surface area contributed by atoms with Crippen LogP contribution in [0.5, 0.6) is 195 Å². The number of fused-ring (bicyclic) bond motifs is 13. The van der Waals surface area contributed by atoms with Gasteiger partial charge in [0.15, 0.2) is 181 Å². The Labute approximate surface area is 793 Å². The first-order valence-corrected chi connectivity index (χ1v) is 40.2. The lowest BCUT2D eigenvalue weighted by atomic mass is 9.73. The van der Waals surface area contributed by atoms with E-state index in [9.17, 15) is 183 Å². The lowest BCUT2D eigenvalue weighted by molar-refractivity contribution is -0.154. The van der Waals surface area contributed by atoms with E-state index in [0.717, 1.165) is 0 Å². The van der Waals surface area contributed by atoms with Crippen LogP contribution in [-0.4, -0.2) is 301 Å². The maximum absolute atomic E-state index is 16.8. The summed E-state index contributed by atoms with van der Waals surface area (Å²) in [5, 5.41) is 391. The van der Waals surface area contributed by atoms with Crippen LogP contribution in [-0.2, 0) is 47.4 Å². The quantitative estimate of drug-likeness (QED) is 0.0523. The largest absolute Gasteiger partial charge is 0.504 e. The van der Waals surface area contributed by atoms with Crippen LogP contribution in [0.15, 0.2) is 60.7 Å². The third-order valence-electron chi connectivity index (χ3n) is 23.9. The number of rotatable bonds is 10. The number of carboxylic acids is 1. The number of aliphatic hydroxyl groups is 1. The van der Waals surface area contributed by atoms with Crippen molar-refractivity contribution >= 4 is 65.7 Å². The van der Waals surface area contributed by atoms with Gasteiger partial charge < -0.3 is 226 Å². The molecule has 0 saturated heterocycles. The number of hydrogen-bond acceptors (Lipinski definition) is 55. The predicted molar refractivity (Wildman–Crippen MR) is 448 cm³/mol. The Morgan fingerprint density at radius 1 is 0.248 bits per heavy atom. The van der Waals surface area contributed by atoms with E-state index < -0.39 is 458 Å². The van der Waals surface area contributed by atoms with Crippen molar-refractivity contribution < 1.29 is 278 Å². The Morgan fingerprint density at radius 2 is 0.538 bits per heavy atom. The molecule has 7 aliphatic heterocycles. The fourth-order valence-electron chi connectivity index (χ4n) is 17.3. The van der Waals surface area contributed by atoms with Crippen LogP contribution in [0.25, 0.3) is 44.5 Å². The smallest absolute Gasteiger partial charge is 0.339 e. The van der Waals surface area contributed by atoms with Gasteiger partial charge in [0, 0.05) is 73.3 Å². The molecule has 11 aromatic carbocycles. The second-order valence-electron chi connectivity index (χ2n) is 32.0. The first-order chi connectivity index (χ1) is 68.1. The van der Waals surface area contributed by atoms with Crippen molar-refractivity contribution in [2.75, 3.05) is 13.2 Å². The Bertz CT molecular complexity index is 7770. The van der Waals surface area contributed by atoms with Crippen molar-refractivity contribution in [2.45, 2.75) is 60.9 Å². The van der Waals surface area contributed by atoms with Crippen LogP contribution in [0.1, 0.15) is 143 Å². The summed E-state index contributed by atoms with van der Waals surface area (Å²) in [5.74, 6) is -88.6. The van der Waals surface area contributed by atoms with Crippen LogP contribution < -0.4 is 4.74 Å². The molecule has 0 spiro atoms. The summed E-state index contributed by atoms with van der Waals surface area (Å²) in [7, 11) is 0. The summed E-state index contributed by atoms with van der Waals surface area (Å²) in [6.45, 7) is -4.28. The van der Waals surface area contributed by atoms with Crippen molar-refractivity contribution in [1.82, 2.24) is 0 Å². The molecule has 6 bridgehead atoms. The minimum Gasteiger partial charge on any atom is -0.504 e. The molecule has 10 atom stereocenters. The number of aromatic hydroxyl groups is 32. The Hall–Kier alpha value is -21.0. The number of benzene rings is 11. The van der Waals surface area contributed by atoms with E-state index in [2.05, 4.69) is 0 Å². The topological polar surface area (TPSA) is 977 Å². The monoisotopic (exact) mass is 2020 g/mol. The van der Waals surface area contributed by atoms with Gasteiger partial charge in [0.25, 0.3) is 0 Å². The maximum atomic E-state index is 16.8. The third-order valence-corrected chi connectivity index (χ3v) is 23.9. The van der Waals surface area contributed by atoms with Gasteiger partial charge in [-0.05, 0) is 48.5 Å². The van der Waals surface area contributed by atoms with Crippen molar-refractivity contribution in [2.24, 2.45) is 0 Å². The van der Waals surface area contributed by atoms with Gasteiger partial charge in [0.2, 0.25) is 63.2 Å². The minimum absolute atomic E-state index is 0.00914. The van der Waals surface area contributed by atoms with Crippen LogP contribution >= 0.6 is 0 Å². The van der Waals surface area contributed by atoms with E-state index in [0.29, 0.717) is 0 Å². The SMILES string of the molecule is O=C(OC1COC(=O)c2cc(Oc3c(C(=O)O)cc(O)c(O)c3O)c(O)c(O)c2-c2c(cc(O)c(O)c2O)C(=O)OC1C1OC(=O)c2cc(O)c(O)c(O)c2-c2c(O)c(O)c(O)c3c2C(=O)OC1C3c1c(C(=O)OC2COC(=O)c3cc(O)c(O)c(O)c3-c3c(cc(O)c(O)c3O)C(=O)OC2C2OC(=O)c3cc(O)c(O)c(O)c3-c3c(O)c(O)c(O)c4c3C(=O)OC2C4O)cc(O)c(O)c1O)c1cc(O)c(O)c(O)c1. The number of carbonyl (C=O) groups excluding carboxylic acids is 10. The summed E-state index contributed by atoms with van der Waals surface area (Å²) in [6, 6.07) is 1.20. The van der Waals surface area contributed by atoms with Crippen LogP contribution in [0, 0.1) is 0 Å². The van der Waals surface area contributed by atoms with E-state index in [-0.39, 0.29) is 60.7 Å². The zero-order chi connectivity index (χ0) is 106. The van der Waals surface area contributed by atoms with Crippen molar-refractivity contribution in [3.8, 4) is 240 Å². The van der Waals surface area contributed by atoms with E-state index in [1.54, 1.807) is 0 Å². The van der Waals surface area contributed by atoms with Crippen molar-refractivity contribution in [3.05, 3.63) is 139 Å². The normalized spacial score (nSPS) is 19.3. The van der Waals surface area contributed by atoms with Crippen molar-refractivity contribution in [3.63, 3.8) is 0 Å². The lowest BCUT2D eigenvalue weighted by Crippen LogP contribution is -2.56. The zero-order valence-electron chi connectivity index (χ0n) is 70.6. The average molecular weight is 2020 g/mol. The first kappa shape index (κ1) is 95.7. The van der Waals surface area contributed by atoms with Crippen LogP contribution in [0.2, 0.25) is 0 Å². The van der Waals surface area contributed by atoms with E-state index in [4.69, 9.17) is 52.1 Å². The summed E-state index contributed by atoms with van der Waals surface area (Å²) in [4.78, 5) is 170. The second kappa shape index (κ2) is 33.7. The number of cyclic esters (lactones) is 5. The highest BCUT2D eigenvalue weighted by Crippen LogP contribution is 2.65. The summed E-state index contributed by atoms with van der Waals surface area (Å²) in [5.41, 5.74) is -34.7. The Morgan fingerprint density at radius 3 is 0.945 bits per heavy atom. The van der Waals surface area contributed by atoms with E-state index in [1.807, 2.05) is 0 Å². The van der Waals surface area contributed by atoms with Gasteiger partial charge in [0.05, 0.1) is 61.6 Å². The predicted octanol–water partition coefficient (Wildman–Crippen LogP) is 3.99. The Kier molecular flexibility index (Phi) is 22.2. The molecule has 0 amide bonds. The molecule has 11 aromatic rings. The van der Waals surface area contributed by atoms with Gasteiger partial charge in [-0.25, -0.2) is 52.7 Å². The van der Waals surface area contributed by atoms with Crippen molar-refractivity contribution in [1.29, 1.82) is 0 Å². The van der Waals surface area contributed by atoms with E-state index >= 15 is 43.2 Å². The van der Waals surface area contributed by atoms with Gasteiger partial charge in [-0.3, -0.25) is 0 Å². The highest BCUT2D eigenvalue weighted by molar-refractivity contribution is 6.15. The molecule has 0 aromatic heterocycles. The number of phenols is 32. The molecular weight excluding hydrogens is 1960 g/mol. The molecule has 18 rings (SSSR count). The summed E-state index contributed by atoms with van der Waals surface area (Å²) >= 11 is 0. The highest BCUT2D eigenvalue weighted by Gasteiger charge is 2.60. The molecule has 56 nitrogen and oxygen atoms in total. The number of esters is 10. The van der Waals surface area contributed by atoms with Crippen LogP contribution in [0.4, 0.5) is 0 Å². The number of aliphatic hydroxyl groups excluding tert-OH is 1. The van der Waals surface area contributed by atoms with Gasteiger partial charge in [0.1, 0.15) is 24.9 Å². The number of phenolic OH excluding ortho intramolecular Hbond substituents is 32. The molecule has 0 radical (unpaired) electrons. The molecule has 0 saturated carbocycles. The molecule has 750 valence electrons. The standard InChI is InChI=1S/C89H58O56/c90-22-1-13(2-23(91)48(22)99)80(125)138-32-11-136-82(127)20-10-31(137-72-21(79(123)124)9-30(98)55(106)71(72)122)56(107)63(114)37(20)36-16(5-26(94)51(102)59(36)110)84(129)140-73(32)77-75-44(43-45(88(133)142-75)41(64(115)69(120)66(43)117)38-17(86(131)144-77)6-27(95)52(103)60(38)111)40-19(8-29(97)54(105)62(40)113)83(128)139-33-12-135-81(126)14-3-24(92)49(100)57(108)34(14)35-15(4-25(93)50(101)58(35)109)85(130)141-74(33)78-76-68(119)47-46(89(134)143-76)42(65(116)70(121)67(47)118)39-18(87(132)145-78)7-28(96)53(104)61(39)112/h1-10,32-33,44,68,73-78,90-122H,11-12H2,(H,123,124). The fraction of sp³-hybridized carbons (Fsp3) is 0.135. The molecule has 7 heterocycles. The number of hydrogen-bond donors (Lipinski definition) is 34. The average Bonchev–Trinajstić information content (AvgIpc) is 1.49. The number of carbonyl (C=O) groups is 11. The number of ether oxygens (including phenoxy) is 11. The molecule has 145 heavy (non-hydrogen) atoms. The molecule has 0 aliphatic carbocycles. The van der Waals surface area contributed by atoms with Gasteiger partial charge >= 0.3 is 65.7 Å². The van der Waals surface area contributed by atoms with Gasteiger partial charge in [-0.15, -0.1) is 0 Å². The van der Waals surface area contributed by atoms with Gasteiger partial charge in [-0.1, -0.05) is 0 Å². The zero-order valence-corrected chi connectivity index (χ0v) is 70.6. The molecule has 10 unspecified atom stereocenters. The second-order valence-corrected chi connectivity index (χ2v) is 32.0. The molecule has 34 N–H and O–H groups in total. The van der Waals surface area contributed by atoms with Gasteiger partial charge in [-0.2, -0.15) is 0 Å². The molecule has 7 aliphatic rings. The molecule has 0 fully saturated rings. The number of carboxylic acid groups (broad SMARTS) is 1. The van der Waals surface area contributed by atoms with Crippen LogP contribution in [0.3, 0.4) is 0 Å². The maximum Gasteiger partial charge on any atom is 0.339 e. The fourth-order valence-corrected chi connectivity index (χ4v) is 17.3. The molecular formula is C89H58O56. The Balaban J connectivity index is 0.930. The highest BCUT2D eigenvalue weighted by atomic mass is 16.7. The summed E-state index contributed by atoms with van der Waals surface area (Å²) < 4.78 is 63.8. The first-order valence-electron chi connectivity index (χ1n) is 40.2. The number of aromatic carboxylic acids is 1. The minimum atomic E-state index is -3.69. The summed E-state index contributed by atoms with van der Waals surface area (Å²) in [6.07, 6.45) is -30.8. The van der Waals surface area contributed by atoms with E-state index in [1.165, 1.54) is 0 Å². The molecule has 56 heteroatoms. The third kappa shape index (κ3) is 14.4.